The lowest BCUT2D eigenvalue weighted by Gasteiger charge is -2.36. The molecule has 0 radical (unpaired) electrons. The molecule has 1 saturated heterocycles. The maximum absolute atomic E-state index is 13.3. The Morgan fingerprint density at radius 3 is 2.25 bits per heavy atom. The zero-order valence-electron chi connectivity index (χ0n) is 28.8. The quantitative estimate of drug-likeness (QED) is 0.135. The van der Waals surface area contributed by atoms with Crippen LogP contribution in [0.4, 0.5) is 35.3 Å². The van der Waals surface area contributed by atoms with Gasteiger partial charge in [-0.25, -0.2) is 9.78 Å². The van der Waals surface area contributed by atoms with E-state index in [1.165, 1.54) is 35.9 Å². The van der Waals surface area contributed by atoms with Crippen molar-refractivity contribution in [2.45, 2.75) is 32.2 Å². The Balaban J connectivity index is 0.000000241. The third-order valence-electron chi connectivity index (χ3n) is 8.53. The number of ether oxygens (including phenoxy) is 1. The molecule has 1 aromatic heterocycles. The molecule has 0 unspecified atom stereocenters. The van der Waals surface area contributed by atoms with Gasteiger partial charge in [0.25, 0.3) is 0 Å². The SMILES string of the molecule is COC(=O)Nc1nc2ccc(Sc3ccccc3)cc2[nH]1.Cl.Cl.OCCN1CCN(CCCN2c3ccccc3Sc3ccc(C(F)(F)F)cc32)CC1. The van der Waals surface area contributed by atoms with Crippen LogP contribution in [0.1, 0.15) is 12.0 Å². The molecule has 3 N–H and O–H groups in total. The first-order chi connectivity index (χ1) is 24.7. The number of alkyl halides is 3. The number of H-pyrrole nitrogens is 1. The molecule has 284 valence electrons. The fourth-order valence-corrected chi connectivity index (χ4v) is 7.91. The smallest absolute Gasteiger partial charge is 0.416 e. The second-order valence-corrected chi connectivity index (χ2v) is 14.2. The average Bonchev–Trinajstić information content (AvgIpc) is 3.53. The molecule has 1 amide bonds. The van der Waals surface area contributed by atoms with Gasteiger partial charge in [-0.15, -0.1) is 24.8 Å². The summed E-state index contributed by atoms with van der Waals surface area (Å²) in [6, 6.07) is 28.0. The number of rotatable bonds is 9. The normalized spacial score (nSPS) is 14.2. The van der Waals surface area contributed by atoms with Crippen molar-refractivity contribution < 1.29 is 27.8 Å². The number of methoxy groups -OCH3 is 1. The van der Waals surface area contributed by atoms with Crippen molar-refractivity contribution in [1.82, 2.24) is 19.8 Å². The number of anilines is 3. The highest BCUT2D eigenvalue weighted by Crippen LogP contribution is 2.49. The molecule has 2 aliphatic heterocycles. The average molecular weight is 810 g/mol. The Hall–Kier alpha value is -3.63. The molecule has 2 aliphatic rings. The van der Waals surface area contributed by atoms with E-state index >= 15 is 0 Å². The number of nitrogens with one attached hydrogen (secondary N) is 2. The van der Waals surface area contributed by atoms with Crippen LogP contribution in [0.25, 0.3) is 11.0 Å². The number of carbonyl (C=O) groups excluding carboxylic acids is 1. The van der Waals surface area contributed by atoms with Crippen LogP contribution in [0.15, 0.2) is 111 Å². The predicted molar refractivity (Wildman–Crippen MR) is 211 cm³/mol. The Morgan fingerprint density at radius 1 is 0.868 bits per heavy atom. The van der Waals surface area contributed by atoms with Gasteiger partial charge in [0, 0.05) is 58.9 Å². The van der Waals surface area contributed by atoms with Crippen LogP contribution in [0.3, 0.4) is 0 Å². The number of piperazine rings is 1. The zero-order chi connectivity index (χ0) is 35.8. The molecule has 7 rings (SSSR count). The van der Waals surface area contributed by atoms with Gasteiger partial charge >= 0.3 is 12.3 Å². The maximum Gasteiger partial charge on any atom is 0.416 e. The number of aromatic nitrogens is 2. The molecule has 4 aromatic carbocycles. The van der Waals surface area contributed by atoms with Crippen molar-refractivity contribution in [3.63, 3.8) is 0 Å². The van der Waals surface area contributed by atoms with Gasteiger partial charge in [-0.1, -0.05) is 53.9 Å². The minimum Gasteiger partial charge on any atom is -0.453 e. The Labute approximate surface area is 327 Å². The van der Waals surface area contributed by atoms with E-state index in [1.54, 1.807) is 17.8 Å². The van der Waals surface area contributed by atoms with Crippen molar-refractivity contribution in [2.24, 2.45) is 0 Å². The lowest BCUT2D eigenvalue weighted by Crippen LogP contribution is -2.47. The Morgan fingerprint density at radius 2 is 1.55 bits per heavy atom. The van der Waals surface area contributed by atoms with Crippen LogP contribution in [0.5, 0.6) is 0 Å². The lowest BCUT2D eigenvalue weighted by molar-refractivity contribution is -0.137. The number of halogens is 5. The molecule has 16 heteroatoms. The minimum atomic E-state index is -4.35. The van der Waals surface area contributed by atoms with Crippen LogP contribution in [-0.2, 0) is 10.9 Å². The summed E-state index contributed by atoms with van der Waals surface area (Å²) in [5.74, 6) is 0.374. The molecule has 3 heterocycles. The summed E-state index contributed by atoms with van der Waals surface area (Å²) in [6.07, 6.45) is -4.03. The summed E-state index contributed by atoms with van der Waals surface area (Å²) in [4.78, 5) is 29.4. The number of fused-ring (bicyclic) bond motifs is 3. The number of para-hydroxylation sites is 1. The van der Waals surface area contributed by atoms with Gasteiger partial charge in [0.15, 0.2) is 0 Å². The fraction of sp³-hybridized carbons (Fsp3) is 0.297. The molecule has 5 aromatic rings. The largest absolute Gasteiger partial charge is 0.453 e. The van der Waals surface area contributed by atoms with Gasteiger partial charge in [-0.2, -0.15) is 13.2 Å². The number of carbonyl (C=O) groups is 1. The molecule has 0 spiro atoms. The van der Waals surface area contributed by atoms with E-state index in [-0.39, 0.29) is 31.4 Å². The highest BCUT2D eigenvalue weighted by atomic mass is 35.5. The van der Waals surface area contributed by atoms with E-state index in [0.29, 0.717) is 24.7 Å². The Bertz CT molecular complexity index is 1930. The summed E-state index contributed by atoms with van der Waals surface area (Å²) >= 11 is 3.20. The van der Waals surface area contributed by atoms with E-state index in [1.807, 2.05) is 65.6 Å². The van der Waals surface area contributed by atoms with Crippen molar-refractivity contribution in [3.8, 4) is 0 Å². The predicted octanol–water partition coefficient (Wildman–Crippen LogP) is 9.04. The van der Waals surface area contributed by atoms with Crippen LogP contribution in [0.2, 0.25) is 0 Å². The molecule has 0 bridgehead atoms. The highest BCUT2D eigenvalue weighted by molar-refractivity contribution is 7.99. The van der Waals surface area contributed by atoms with Crippen LogP contribution < -0.4 is 10.2 Å². The number of hydrogen-bond acceptors (Lipinski definition) is 9. The molecule has 0 atom stereocenters. The molecular weight excluding hydrogens is 768 g/mol. The maximum atomic E-state index is 13.3. The molecule has 53 heavy (non-hydrogen) atoms. The van der Waals surface area contributed by atoms with Crippen LogP contribution >= 0.6 is 48.3 Å². The summed E-state index contributed by atoms with van der Waals surface area (Å²) < 4.78 is 44.5. The van der Waals surface area contributed by atoms with Crippen molar-refractivity contribution >= 4 is 82.8 Å². The zero-order valence-corrected chi connectivity index (χ0v) is 32.1. The van der Waals surface area contributed by atoms with E-state index in [2.05, 4.69) is 42.0 Å². The molecule has 0 aliphatic carbocycles. The monoisotopic (exact) mass is 808 g/mol. The fourth-order valence-electron chi connectivity index (χ4n) is 5.96. The number of benzene rings is 4. The standard InChI is InChI=1S/C22H26F3N3OS.C15H13N3O2S.2ClH/c23-22(24,25)17-6-7-21-19(16-17)28(18-4-1-2-5-20(18)30-21)9-3-8-26-10-12-27(13-11-26)14-15-29;1-20-15(19)18-14-16-12-8-7-11(9-13(12)17-14)21-10-5-3-2-4-6-10;;/h1-2,4-7,16,29H,3,8-15H2;2-9H,1H3,(H2,16,17,18,19);2*1H. The van der Waals surface area contributed by atoms with Gasteiger partial charge in [-0.3, -0.25) is 10.2 Å². The van der Waals surface area contributed by atoms with Crippen LogP contribution in [-0.4, -0.2) is 90.5 Å². The van der Waals surface area contributed by atoms with Crippen molar-refractivity contribution in [2.75, 3.05) is 69.7 Å². The lowest BCUT2D eigenvalue weighted by atomic mass is 10.1. The van der Waals surface area contributed by atoms with Gasteiger partial charge < -0.3 is 24.6 Å². The first-order valence-corrected chi connectivity index (χ1v) is 18.2. The second-order valence-electron chi connectivity index (χ2n) is 12.0. The van der Waals surface area contributed by atoms with Gasteiger partial charge in [0.1, 0.15) is 0 Å². The van der Waals surface area contributed by atoms with Crippen molar-refractivity contribution in [1.29, 1.82) is 0 Å². The third-order valence-corrected chi connectivity index (χ3v) is 10.7. The number of aromatic amines is 1. The first kappa shape index (κ1) is 42.1. The Kier molecular flexibility index (Phi) is 15.6. The molecule has 9 nitrogen and oxygen atoms in total. The summed E-state index contributed by atoms with van der Waals surface area (Å²) in [6.45, 7) is 6.29. The number of hydrogen-bond donors (Lipinski definition) is 3. The summed E-state index contributed by atoms with van der Waals surface area (Å²) in [7, 11) is 1.31. The molecule has 1 fully saturated rings. The number of imidazole rings is 1. The van der Waals surface area contributed by atoms with Gasteiger partial charge in [0.05, 0.1) is 41.7 Å². The highest BCUT2D eigenvalue weighted by Gasteiger charge is 2.33. The van der Waals surface area contributed by atoms with E-state index in [4.69, 9.17) is 5.11 Å². The van der Waals surface area contributed by atoms with Crippen LogP contribution in [0, 0.1) is 0 Å². The number of aliphatic hydroxyl groups is 1. The second kappa shape index (κ2) is 19.6. The van der Waals surface area contributed by atoms with E-state index < -0.39 is 17.8 Å². The molecular formula is C37H41Cl2F3N6O3S2. The third kappa shape index (κ3) is 11.2. The van der Waals surface area contributed by atoms with Crippen molar-refractivity contribution in [3.05, 3.63) is 96.6 Å². The summed E-state index contributed by atoms with van der Waals surface area (Å²) in [5.41, 5.74) is 2.66. The minimum absolute atomic E-state index is 0. The number of β-amino-alcohol motifs (C(OH)–C–C–N with tert-alkyl or cyclic N) is 1. The number of aliphatic hydroxyl groups excluding tert-OH is 1. The number of nitrogens with zero attached hydrogens (tertiary/aromatic N) is 4. The van der Waals surface area contributed by atoms with E-state index in [9.17, 15) is 18.0 Å². The number of amides is 1. The van der Waals surface area contributed by atoms with Gasteiger partial charge in [0.2, 0.25) is 5.95 Å². The topological polar surface area (TPSA) is 97.0 Å². The summed E-state index contributed by atoms with van der Waals surface area (Å²) in [5, 5.41) is 11.6. The first-order valence-electron chi connectivity index (χ1n) is 16.6. The molecule has 0 saturated carbocycles. The van der Waals surface area contributed by atoms with E-state index in [0.717, 1.165) is 70.6 Å². The van der Waals surface area contributed by atoms with Gasteiger partial charge in [-0.05, 0) is 73.6 Å².